The van der Waals surface area contributed by atoms with Gasteiger partial charge in [-0.3, -0.25) is 9.59 Å². The third-order valence-electron chi connectivity index (χ3n) is 3.19. The number of thioether (sulfide) groups is 1. The first-order valence-electron chi connectivity index (χ1n) is 7.23. The molecular formula is C18H19NO3S. The van der Waals surface area contributed by atoms with Gasteiger partial charge in [-0.1, -0.05) is 30.3 Å². The van der Waals surface area contributed by atoms with E-state index in [2.05, 4.69) is 5.32 Å². The predicted octanol–water partition coefficient (Wildman–Crippen LogP) is 3.31. The first kappa shape index (κ1) is 17.1. The van der Waals surface area contributed by atoms with Crippen molar-refractivity contribution in [1.82, 2.24) is 5.32 Å². The molecule has 0 saturated carbocycles. The molecule has 2 aromatic rings. The average molecular weight is 329 g/mol. The van der Waals surface area contributed by atoms with Crippen LogP contribution in [-0.2, 0) is 11.3 Å². The molecule has 0 aliphatic rings. The van der Waals surface area contributed by atoms with Crippen LogP contribution < -0.4 is 10.1 Å². The number of ether oxygens (including phenoxy) is 1. The van der Waals surface area contributed by atoms with Crippen molar-refractivity contribution in [2.24, 2.45) is 0 Å². The number of hydrogen-bond acceptors (Lipinski definition) is 4. The third kappa shape index (κ3) is 4.86. The molecule has 5 heteroatoms. The number of hydrogen-bond donors (Lipinski definition) is 1. The molecule has 1 N–H and O–H groups in total. The number of carbonyl (C=O) groups excluding carboxylic acids is 2. The minimum Gasteiger partial charge on any atom is -0.496 e. The molecule has 0 atom stereocenters. The van der Waals surface area contributed by atoms with E-state index in [1.807, 2.05) is 42.5 Å². The molecule has 2 aromatic carbocycles. The number of benzene rings is 2. The average Bonchev–Trinajstić information content (AvgIpc) is 2.58. The van der Waals surface area contributed by atoms with Crippen LogP contribution >= 0.6 is 11.8 Å². The van der Waals surface area contributed by atoms with Gasteiger partial charge in [0.05, 0.1) is 18.4 Å². The van der Waals surface area contributed by atoms with Gasteiger partial charge >= 0.3 is 0 Å². The molecule has 0 aliphatic heterocycles. The lowest BCUT2D eigenvalue weighted by Crippen LogP contribution is -2.23. The zero-order valence-corrected chi connectivity index (χ0v) is 14.0. The van der Waals surface area contributed by atoms with E-state index >= 15 is 0 Å². The second-order valence-electron chi connectivity index (χ2n) is 4.98. The summed E-state index contributed by atoms with van der Waals surface area (Å²) in [4.78, 5) is 24.4. The quantitative estimate of drug-likeness (QED) is 0.792. The van der Waals surface area contributed by atoms with E-state index in [4.69, 9.17) is 4.74 Å². The van der Waals surface area contributed by atoms with E-state index in [9.17, 15) is 9.59 Å². The van der Waals surface area contributed by atoms with Gasteiger partial charge in [0.15, 0.2) is 0 Å². The molecule has 0 bridgehead atoms. The van der Waals surface area contributed by atoms with Crippen LogP contribution in [0, 0.1) is 0 Å². The van der Waals surface area contributed by atoms with Gasteiger partial charge in [0.1, 0.15) is 11.5 Å². The summed E-state index contributed by atoms with van der Waals surface area (Å²) in [5.41, 5.74) is 1.49. The predicted molar refractivity (Wildman–Crippen MR) is 92.0 cm³/mol. The van der Waals surface area contributed by atoms with E-state index in [0.29, 0.717) is 17.9 Å². The van der Waals surface area contributed by atoms with Crippen LogP contribution in [0.15, 0.2) is 53.4 Å². The Morgan fingerprint density at radius 2 is 1.78 bits per heavy atom. The molecule has 23 heavy (non-hydrogen) atoms. The Balaban J connectivity index is 2.07. The summed E-state index contributed by atoms with van der Waals surface area (Å²) in [6.07, 6.45) is 0. The molecule has 4 nitrogen and oxygen atoms in total. The number of carbonyl (C=O) groups is 2. The van der Waals surface area contributed by atoms with Crippen LogP contribution in [0.25, 0.3) is 0 Å². The molecule has 0 heterocycles. The highest BCUT2D eigenvalue weighted by atomic mass is 32.2. The van der Waals surface area contributed by atoms with Crippen LogP contribution in [0.2, 0.25) is 0 Å². The SMILES string of the molecule is COc1ccccc1CNC(=O)c1ccccc1SCC(C)=O. The largest absolute Gasteiger partial charge is 0.496 e. The van der Waals surface area contributed by atoms with E-state index in [-0.39, 0.29) is 11.7 Å². The Bertz CT molecular complexity index is 700. The molecule has 1 amide bonds. The van der Waals surface area contributed by atoms with Crippen molar-refractivity contribution in [3.8, 4) is 5.75 Å². The number of para-hydroxylation sites is 1. The van der Waals surface area contributed by atoms with E-state index < -0.39 is 0 Å². The summed E-state index contributed by atoms with van der Waals surface area (Å²) >= 11 is 1.38. The van der Waals surface area contributed by atoms with Crippen LogP contribution in [-0.4, -0.2) is 24.6 Å². The lowest BCUT2D eigenvalue weighted by molar-refractivity contribution is -0.114. The zero-order chi connectivity index (χ0) is 16.7. The Morgan fingerprint density at radius 3 is 2.52 bits per heavy atom. The fraction of sp³-hybridized carbons (Fsp3) is 0.222. The first-order chi connectivity index (χ1) is 11.1. The Morgan fingerprint density at radius 1 is 1.09 bits per heavy atom. The van der Waals surface area contributed by atoms with Crippen molar-refractivity contribution in [1.29, 1.82) is 0 Å². The van der Waals surface area contributed by atoms with Gasteiger partial charge < -0.3 is 10.1 Å². The van der Waals surface area contributed by atoms with Crippen LogP contribution in [0.1, 0.15) is 22.8 Å². The molecule has 0 aliphatic carbocycles. The maximum Gasteiger partial charge on any atom is 0.252 e. The van der Waals surface area contributed by atoms with Gasteiger partial charge in [0.25, 0.3) is 5.91 Å². The summed E-state index contributed by atoms with van der Waals surface area (Å²) in [5.74, 6) is 1.02. The van der Waals surface area contributed by atoms with Gasteiger partial charge in [-0.05, 0) is 25.1 Å². The second-order valence-corrected chi connectivity index (χ2v) is 6.00. The monoisotopic (exact) mass is 329 g/mol. The number of ketones is 1. The molecule has 0 saturated heterocycles. The maximum atomic E-state index is 12.4. The van der Waals surface area contributed by atoms with Gasteiger partial charge in [0, 0.05) is 17.0 Å². The van der Waals surface area contributed by atoms with Crippen LogP contribution in [0.5, 0.6) is 5.75 Å². The maximum absolute atomic E-state index is 12.4. The van der Waals surface area contributed by atoms with E-state index in [0.717, 1.165) is 16.2 Å². The summed E-state index contributed by atoms with van der Waals surface area (Å²) < 4.78 is 5.28. The second kappa shape index (κ2) is 8.39. The number of rotatable bonds is 7. The molecule has 0 fully saturated rings. The molecule has 0 aromatic heterocycles. The Labute approximate surface area is 140 Å². The molecule has 120 valence electrons. The standard InChI is InChI=1S/C18H19NO3S/c1-13(20)12-23-17-10-6-4-8-15(17)18(21)19-11-14-7-3-5-9-16(14)22-2/h3-10H,11-12H2,1-2H3,(H,19,21). The van der Waals surface area contributed by atoms with Crippen molar-refractivity contribution in [3.63, 3.8) is 0 Å². The summed E-state index contributed by atoms with van der Waals surface area (Å²) in [5, 5.41) is 2.90. The van der Waals surface area contributed by atoms with Crippen molar-refractivity contribution in [3.05, 3.63) is 59.7 Å². The molecule has 2 rings (SSSR count). The summed E-state index contributed by atoms with van der Waals surface area (Å²) in [7, 11) is 1.61. The molecule has 0 radical (unpaired) electrons. The van der Waals surface area contributed by atoms with Crippen molar-refractivity contribution < 1.29 is 14.3 Å². The van der Waals surface area contributed by atoms with Gasteiger partial charge in [-0.15, -0.1) is 11.8 Å². The zero-order valence-electron chi connectivity index (χ0n) is 13.2. The van der Waals surface area contributed by atoms with E-state index in [1.165, 1.54) is 18.7 Å². The highest BCUT2D eigenvalue weighted by Gasteiger charge is 2.12. The third-order valence-corrected chi connectivity index (χ3v) is 4.41. The fourth-order valence-corrected chi connectivity index (χ4v) is 2.93. The summed E-state index contributed by atoms with van der Waals surface area (Å²) in [6, 6.07) is 14.9. The molecular weight excluding hydrogens is 310 g/mol. The minimum atomic E-state index is -0.164. The van der Waals surface area contributed by atoms with Crippen molar-refractivity contribution in [2.45, 2.75) is 18.4 Å². The number of methoxy groups -OCH3 is 1. The lowest BCUT2D eigenvalue weighted by Gasteiger charge is -2.11. The molecule has 0 spiro atoms. The smallest absolute Gasteiger partial charge is 0.252 e. The summed E-state index contributed by atoms with van der Waals surface area (Å²) in [6.45, 7) is 1.92. The molecule has 0 unspecified atom stereocenters. The van der Waals surface area contributed by atoms with Crippen molar-refractivity contribution in [2.75, 3.05) is 12.9 Å². The highest BCUT2D eigenvalue weighted by molar-refractivity contribution is 8.00. The van der Waals surface area contributed by atoms with Gasteiger partial charge in [-0.25, -0.2) is 0 Å². The normalized spacial score (nSPS) is 10.2. The number of amides is 1. The topological polar surface area (TPSA) is 55.4 Å². The Hall–Kier alpha value is -2.27. The van der Waals surface area contributed by atoms with Gasteiger partial charge in [-0.2, -0.15) is 0 Å². The minimum absolute atomic E-state index is 0.0826. The van der Waals surface area contributed by atoms with Crippen LogP contribution in [0.3, 0.4) is 0 Å². The number of Topliss-reactive ketones (excluding diaryl/α,β-unsaturated/α-hetero) is 1. The first-order valence-corrected chi connectivity index (χ1v) is 8.21. The van der Waals surface area contributed by atoms with Gasteiger partial charge in [0.2, 0.25) is 0 Å². The highest BCUT2D eigenvalue weighted by Crippen LogP contribution is 2.23. The van der Waals surface area contributed by atoms with Crippen molar-refractivity contribution >= 4 is 23.5 Å². The van der Waals surface area contributed by atoms with Crippen LogP contribution in [0.4, 0.5) is 0 Å². The lowest BCUT2D eigenvalue weighted by atomic mass is 10.1. The van der Waals surface area contributed by atoms with E-state index in [1.54, 1.807) is 13.2 Å². The number of nitrogens with one attached hydrogen (secondary N) is 1. The fourth-order valence-electron chi connectivity index (χ4n) is 2.08. The Kier molecular flexibility index (Phi) is 6.23.